The van der Waals surface area contributed by atoms with Crippen molar-refractivity contribution in [1.29, 1.82) is 0 Å². The Morgan fingerprint density at radius 1 is 1.20 bits per heavy atom. The summed E-state index contributed by atoms with van der Waals surface area (Å²) in [6, 6.07) is 7.69. The van der Waals surface area contributed by atoms with Crippen LogP contribution in [0.4, 0.5) is 20.2 Å². The summed E-state index contributed by atoms with van der Waals surface area (Å²) in [5, 5.41) is 13.6. The van der Waals surface area contributed by atoms with E-state index in [-0.39, 0.29) is 23.5 Å². The van der Waals surface area contributed by atoms with E-state index in [0.29, 0.717) is 0 Å². The standard InChI is InChI=1S/C14H12F2N2O2/c1-9-2-4-12(16)13(6-9)17-8-10-7-11(15)3-5-14(10)18(19)20/h2-7,17H,8H2,1H3. The fourth-order valence-electron chi connectivity index (χ4n) is 1.84. The topological polar surface area (TPSA) is 55.2 Å². The van der Waals surface area contributed by atoms with Gasteiger partial charge in [0.2, 0.25) is 0 Å². The molecule has 1 N–H and O–H groups in total. The lowest BCUT2D eigenvalue weighted by Crippen LogP contribution is -2.05. The summed E-state index contributed by atoms with van der Waals surface area (Å²) in [7, 11) is 0. The van der Waals surface area contributed by atoms with Gasteiger partial charge in [0.15, 0.2) is 0 Å². The van der Waals surface area contributed by atoms with Crippen LogP contribution >= 0.6 is 0 Å². The Kier molecular flexibility index (Phi) is 3.93. The molecule has 0 heterocycles. The first kappa shape index (κ1) is 13.9. The second kappa shape index (κ2) is 5.64. The van der Waals surface area contributed by atoms with Crippen LogP contribution in [-0.2, 0) is 6.54 Å². The van der Waals surface area contributed by atoms with Crippen molar-refractivity contribution in [2.75, 3.05) is 5.32 Å². The molecule has 0 fully saturated rings. The molecule has 0 spiro atoms. The fraction of sp³-hybridized carbons (Fsp3) is 0.143. The Labute approximate surface area is 114 Å². The molecule has 0 amide bonds. The van der Waals surface area contributed by atoms with E-state index in [2.05, 4.69) is 5.32 Å². The molecule has 6 heteroatoms. The van der Waals surface area contributed by atoms with Crippen LogP contribution in [0.25, 0.3) is 0 Å². The number of benzene rings is 2. The molecule has 0 atom stereocenters. The first-order valence-electron chi connectivity index (χ1n) is 5.90. The minimum absolute atomic E-state index is 0.0333. The average molecular weight is 278 g/mol. The number of nitrogens with one attached hydrogen (secondary N) is 1. The molecule has 104 valence electrons. The average Bonchev–Trinajstić information content (AvgIpc) is 2.39. The maximum Gasteiger partial charge on any atom is 0.274 e. The largest absolute Gasteiger partial charge is 0.378 e. The van der Waals surface area contributed by atoms with Gasteiger partial charge in [0.1, 0.15) is 11.6 Å². The van der Waals surface area contributed by atoms with E-state index in [0.717, 1.165) is 23.8 Å². The summed E-state index contributed by atoms with van der Waals surface area (Å²) in [5.74, 6) is -1.04. The van der Waals surface area contributed by atoms with Crippen LogP contribution in [0, 0.1) is 28.7 Å². The third-order valence-electron chi connectivity index (χ3n) is 2.83. The van der Waals surface area contributed by atoms with Crippen molar-refractivity contribution in [2.45, 2.75) is 13.5 Å². The van der Waals surface area contributed by atoms with Crippen LogP contribution in [0.2, 0.25) is 0 Å². The summed E-state index contributed by atoms with van der Waals surface area (Å²) in [5.41, 5.74) is 1.04. The van der Waals surface area contributed by atoms with Crippen molar-refractivity contribution < 1.29 is 13.7 Å². The quantitative estimate of drug-likeness (QED) is 0.683. The predicted molar refractivity (Wildman–Crippen MR) is 71.5 cm³/mol. The van der Waals surface area contributed by atoms with E-state index in [9.17, 15) is 18.9 Å². The summed E-state index contributed by atoms with van der Waals surface area (Å²) >= 11 is 0. The zero-order valence-electron chi connectivity index (χ0n) is 10.7. The third kappa shape index (κ3) is 3.09. The van der Waals surface area contributed by atoms with Crippen molar-refractivity contribution in [1.82, 2.24) is 0 Å². The van der Waals surface area contributed by atoms with Crippen LogP contribution < -0.4 is 5.32 Å². The molecule has 0 aliphatic heterocycles. The molecule has 0 bridgehead atoms. The highest BCUT2D eigenvalue weighted by molar-refractivity contribution is 5.49. The maximum atomic E-state index is 13.5. The molecule has 0 radical (unpaired) electrons. The summed E-state index contributed by atoms with van der Waals surface area (Å²) in [6.45, 7) is 1.77. The van der Waals surface area contributed by atoms with Gasteiger partial charge in [0.25, 0.3) is 5.69 Å². The molecule has 4 nitrogen and oxygen atoms in total. The van der Waals surface area contributed by atoms with E-state index in [1.54, 1.807) is 19.1 Å². The molecular weight excluding hydrogens is 266 g/mol. The minimum atomic E-state index is -0.594. The Morgan fingerprint density at radius 3 is 2.65 bits per heavy atom. The van der Waals surface area contributed by atoms with Crippen molar-refractivity contribution in [3.05, 3.63) is 69.3 Å². The van der Waals surface area contributed by atoms with Gasteiger partial charge in [-0.25, -0.2) is 8.78 Å². The van der Waals surface area contributed by atoms with Crippen LogP contribution in [0.5, 0.6) is 0 Å². The highest BCUT2D eigenvalue weighted by Crippen LogP contribution is 2.22. The van der Waals surface area contributed by atoms with Crippen LogP contribution in [0.15, 0.2) is 36.4 Å². The van der Waals surface area contributed by atoms with Gasteiger partial charge < -0.3 is 5.32 Å². The van der Waals surface area contributed by atoms with Gasteiger partial charge >= 0.3 is 0 Å². The highest BCUT2D eigenvalue weighted by Gasteiger charge is 2.14. The lowest BCUT2D eigenvalue weighted by atomic mass is 10.1. The smallest absolute Gasteiger partial charge is 0.274 e. The van der Waals surface area contributed by atoms with Gasteiger partial charge in [-0.1, -0.05) is 6.07 Å². The summed E-state index contributed by atoms with van der Waals surface area (Å²) in [6.07, 6.45) is 0. The molecule has 0 aliphatic rings. The molecular formula is C14H12F2N2O2. The molecule has 2 aromatic carbocycles. The minimum Gasteiger partial charge on any atom is -0.378 e. The SMILES string of the molecule is Cc1ccc(F)c(NCc2cc(F)ccc2[N+](=O)[O-])c1. The Morgan fingerprint density at radius 2 is 1.95 bits per heavy atom. The van der Waals surface area contributed by atoms with Gasteiger partial charge in [0.05, 0.1) is 16.2 Å². The van der Waals surface area contributed by atoms with E-state index >= 15 is 0 Å². The van der Waals surface area contributed by atoms with Crippen LogP contribution in [-0.4, -0.2) is 4.92 Å². The summed E-state index contributed by atoms with van der Waals surface area (Å²) in [4.78, 5) is 10.3. The Bertz CT molecular complexity index is 660. The van der Waals surface area contributed by atoms with Gasteiger partial charge in [-0.05, 0) is 36.8 Å². The number of hydrogen-bond acceptors (Lipinski definition) is 3. The molecule has 20 heavy (non-hydrogen) atoms. The third-order valence-corrected chi connectivity index (χ3v) is 2.83. The van der Waals surface area contributed by atoms with E-state index in [4.69, 9.17) is 0 Å². The van der Waals surface area contributed by atoms with Crippen molar-refractivity contribution in [3.63, 3.8) is 0 Å². The number of nitro groups is 1. The molecule has 0 unspecified atom stereocenters. The molecule has 0 aliphatic carbocycles. The number of anilines is 1. The number of rotatable bonds is 4. The number of hydrogen-bond donors (Lipinski definition) is 1. The first-order valence-corrected chi connectivity index (χ1v) is 5.90. The zero-order chi connectivity index (χ0) is 14.7. The van der Waals surface area contributed by atoms with Gasteiger partial charge in [-0.3, -0.25) is 10.1 Å². The second-order valence-electron chi connectivity index (χ2n) is 4.37. The van der Waals surface area contributed by atoms with Crippen LogP contribution in [0.3, 0.4) is 0 Å². The van der Waals surface area contributed by atoms with E-state index in [1.807, 2.05) is 0 Å². The number of halogens is 2. The zero-order valence-corrected chi connectivity index (χ0v) is 10.7. The number of aryl methyl sites for hydroxylation is 1. The second-order valence-corrected chi connectivity index (χ2v) is 4.37. The van der Waals surface area contributed by atoms with Gasteiger partial charge in [0, 0.05) is 12.6 Å². The van der Waals surface area contributed by atoms with Crippen LogP contribution in [0.1, 0.15) is 11.1 Å². The molecule has 0 saturated carbocycles. The number of nitrogens with zero attached hydrogens (tertiary/aromatic N) is 1. The normalized spacial score (nSPS) is 10.3. The maximum absolute atomic E-state index is 13.5. The van der Waals surface area contributed by atoms with Crippen molar-refractivity contribution >= 4 is 11.4 Å². The lowest BCUT2D eigenvalue weighted by molar-refractivity contribution is -0.385. The number of nitro benzene ring substituents is 1. The molecule has 2 aromatic rings. The van der Waals surface area contributed by atoms with E-state index < -0.39 is 16.6 Å². The van der Waals surface area contributed by atoms with Gasteiger partial charge in [-0.2, -0.15) is 0 Å². The molecule has 2 rings (SSSR count). The lowest BCUT2D eigenvalue weighted by Gasteiger charge is -2.09. The Hall–Kier alpha value is -2.50. The monoisotopic (exact) mass is 278 g/mol. The predicted octanol–water partition coefficient (Wildman–Crippen LogP) is 3.79. The van der Waals surface area contributed by atoms with Crippen molar-refractivity contribution in [2.24, 2.45) is 0 Å². The summed E-state index contributed by atoms with van der Waals surface area (Å²) < 4.78 is 26.7. The Balaban J connectivity index is 2.24. The van der Waals surface area contributed by atoms with Gasteiger partial charge in [-0.15, -0.1) is 0 Å². The molecule has 0 aromatic heterocycles. The fourth-order valence-corrected chi connectivity index (χ4v) is 1.84. The highest BCUT2D eigenvalue weighted by atomic mass is 19.1. The first-order chi connectivity index (χ1) is 9.47. The van der Waals surface area contributed by atoms with Crippen molar-refractivity contribution in [3.8, 4) is 0 Å². The van der Waals surface area contributed by atoms with E-state index in [1.165, 1.54) is 6.07 Å². The molecule has 0 saturated heterocycles.